The van der Waals surface area contributed by atoms with Crippen molar-refractivity contribution < 1.29 is 8.42 Å². The average molecular weight is 264 g/mol. The number of rotatable bonds is 3. The molecule has 0 saturated heterocycles. The molecular formula is C9H14ClN3O2S. The van der Waals surface area contributed by atoms with E-state index in [0.717, 1.165) is 19.3 Å². The fourth-order valence-electron chi connectivity index (χ4n) is 1.93. The Kier molecular flexibility index (Phi) is 3.23. The van der Waals surface area contributed by atoms with Crippen LogP contribution in [0.5, 0.6) is 0 Å². The van der Waals surface area contributed by atoms with E-state index in [9.17, 15) is 8.42 Å². The van der Waals surface area contributed by atoms with Gasteiger partial charge in [0.15, 0.2) is 5.03 Å². The highest BCUT2D eigenvalue weighted by molar-refractivity contribution is 7.89. The number of nitrogens with zero attached hydrogens (tertiary/aromatic N) is 2. The monoisotopic (exact) mass is 263 g/mol. The second-order valence-corrected chi connectivity index (χ2v) is 6.19. The molecule has 0 radical (unpaired) electrons. The van der Waals surface area contributed by atoms with Crippen molar-refractivity contribution >= 4 is 21.6 Å². The average Bonchev–Trinajstić information content (AvgIpc) is 2.76. The summed E-state index contributed by atoms with van der Waals surface area (Å²) in [7, 11) is -1.90. The summed E-state index contributed by atoms with van der Waals surface area (Å²) in [6.45, 7) is 0. The van der Waals surface area contributed by atoms with Gasteiger partial charge in [0, 0.05) is 18.5 Å². The largest absolute Gasteiger partial charge is 0.258 e. The maximum absolute atomic E-state index is 12.0. The fourth-order valence-corrected chi connectivity index (χ4v) is 3.79. The van der Waals surface area contributed by atoms with Crippen LogP contribution in [0.3, 0.4) is 0 Å². The smallest absolute Gasteiger partial charge is 0.256 e. The van der Waals surface area contributed by atoms with E-state index in [0.29, 0.717) is 0 Å². The zero-order valence-corrected chi connectivity index (χ0v) is 10.5. The summed E-state index contributed by atoms with van der Waals surface area (Å²) in [6.07, 6.45) is 4.08. The molecule has 0 amide bonds. The molecule has 1 aromatic heterocycles. The minimum atomic E-state index is -3.50. The Balaban J connectivity index is 2.18. The Bertz CT molecular complexity index is 471. The Morgan fingerprint density at radius 1 is 1.56 bits per heavy atom. The molecule has 1 fully saturated rings. The molecule has 1 aromatic rings. The molecule has 1 N–H and O–H groups in total. The summed E-state index contributed by atoms with van der Waals surface area (Å²) in [4.78, 5) is 0. The van der Waals surface area contributed by atoms with Gasteiger partial charge in [-0.05, 0) is 18.9 Å². The third kappa shape index (κ3) is 2.23. The molecule has 7 heteroatoms. The zero-order chi connectivity index (χ0) is 11.8. The van der Waals surface area contributed by atoms with Crippen molar-refractivity contribution in [3.63, 3.8) is 0 Å². The SMILES string of the molecule is Cn1nccc1S(=O)(=O)NC1CCCC1Cl. The molecule has 0 bridgehead atoms. The predicted molar refractivity (Wildman–Crippen MR) is 60.8 cm³/mol. The highest BCUT2D eigenvalue weighted by Gasteiger charge is 2.30. The summed E-state index contributed by atoms with van der Waals surface area (Å²) in [5.41, 5.74) is 0. The second kappa shape index (κ2) is 4.35. The van der Waals surface area contributed by atoms with Crippen LogP contribution < -0.4 is 4.72 Å². The normalized spacial score (nSPS) is 26.1. The van der Waals surface area contributed by atoms with Crippen LogP contribution in [-0.2, 0) is 17.1 Å². The summed E-state index contributed by atoms with van der Waals surface area (Å²) >= 11 is 6.04. The third-order valence-corrected chi connectivity index (χ3v) is 4.88. The molecule has 2 rings (SSSR count). The van der Waals surface area contributed by atoms with E-state index in [-0.39, 0.29) is 16.4 Å². The van der Waals surface area contributed by atoms with Gasteiger partial charge in [-0.25, -0.2) is 13.1 Å². The quantitative estimate of drug-likeness (QED) is 0.823. The van der Waals surface area contributed by atoms with Crippen molar-refractivity contribution in [3.8, 4) is 0 Å². The van der Waals surface area contributed by atoms with Crippen molar-refractivity contribution in [2.45, 2.75) is 35.7 Å². The summed E-state index contributed by atoms with van der Waals surface area (Å²) < 4.78 is 27.9. The van der Waals surface area contributed by atoms with E-state index in [4.69, 9.17) is 11.6 Å². The first kappa shape index (κ1) is 11.9. The van der Waals surface area contributed by atoms with Crippen molar-refractivity contribution in [1.29, 1.82) is 0 Å². The summed E-state index contributed by atoms with van der Waals surface area (Å²) in [5, 5.41) is 3.90. The fraction of sp³-hybridized carbons (Fsp3) is 0.667. The highest BCUT2D eigenvalue weighted by Crippen LogP contribution is 2.25. The molecule has 90 valence electrons. The number of aromatic nitrogens is 2. The van der Waals surface area contributed by atoms with Crippen LogP contribution in [0.2, 0.25) is 0 Å². The third-order valence-electron chi connectivity index (χ3n) is 2.79. The first-order chi connectivity index (χ1) is 7.50. The number of alkyl halides is 1. The second-order valence-electron chi connectivity index (χ2n) is 3.97. The molecular weight excluding hydrogens is 250 g/mol. The Morgan fingerprint density at radius 2 is 2.31 bits per heavy atom. The van der Waals surface area contributed by atoms with E-state index in [1.165, 1.54) is 16.9 Å². The van der Waals surface area contributed by atoms with Gasteiger partial charge < -0.3 is 0 Å². The lowest BCUT2D eigenvalue weighted by Gasteiger charge is -2.15. The highest BCUT2D eigenvalue weighted by atomic mass is 35.5. The maximum Gasteiger partial charge on any atom is 0.258 e. The first-order valence-electron chi connectivity index (χ1n) is 5.15. The van der Waals surface area contributed by atoms with Crippen molar-refractivity contribution in [2.24, 2.45) is 7.05 Å². The lowest BCUT2D eigenvalue weighted by atomic mass is 10.3. The van der Waals surface area contributed by atoms with Gasteiger partial charge in [-0.1, -0.05) is 6.42 Å². The van der Waals surface area contributed by atoms with Gasteiger partial charge in [0.1, 0.15) is 0 Å². The number of hydrogen-bond acceptors (Lipinski definition) is 3. The van der Waals surface area contributed by atoms with E-state index in [1.54, 1.807) is 7.05 Å². The number of halogens is 1. The minimum Gasteiger partial charge on any atom is -0.256 e. The predicted octanol–water partition coefficient (Wildman–Crippen LogP) is 0.858. The van der Waals surface area contributed by atoms with Crippen LogP contribution in [0.25, 0.3) is 0 Å². The van der Waals surface area contributed by atoms with Crippen LogP contribution in [0.1, 0.15) is 19.3 Å². The van der Waals surface area contributed by atoms with Gasteiger partial charge in [-0.3, -0.25) is 4.68 Å². The molecule has 5 nitrogen and oxygen atoms in total. The standard InChI is InChI=1S/C9H14ClN3O2S/c1-13-9(5-6-11-13)16(14,15)12-8-4-2-3-7(8)10/h5-8,12H,2-4H2,1H3. The van der Waals surface area contributed by atoms with Gasteiger partial charge in [0.05, 0.1) is 6.20 Å². The van der Waals surface area contributed by atoms with E-state index >= 15 is 0 Å². The van der Waals surface area contributed by atoms with Gasteiger partial charge in [-0.15, -0.1) is 11.6 Å². The molecule has 0 aliphatic heterocycles. The van der Waals surface area contributed by atoms with Crippen LogP contribution in [0.4, 0.5) is 0 Å². The summed E-state index contributed by atoms with van der Waals surface area (Å²) in [5.74, 6) is 0. The number of hydrogen-bond donors (Lipinski definition) is 1. The van der Waals surface area contributed by atoms with Crippen LogP contribution in [0, 0.1) is 0 Å². The van der Waals surface area contributed by atoms with E-state index < -0.39 is 10.0 Å². The molecule has 16 heavy (non-hydrogen) atoms. The van der Waals surface area contributed by atoms with Crippen LogP contribution >= 0.6 is 11.6 Å². The molecule has 0 spiro atoms. The summed E-state index contributed by atoms with van der Waals surface area (Å²) in [6, 6.07) is 1.31. The Labute approximate surface area is 99.8 Å². The molecule has 0 aromatic carbocycles. The molecule has 2 atom stereocenters. The van der Waals surface area contributed by atoms with Crippen molar-refractivity contribution in [2.75, 3.05) is 0 Å². The van der Waals surface area contributed by atoms with Gasteiger partial charge >= 0.3 is 0 Å². The van der Waals surface area contributed by atoms with Gasteiger partial charge in [0.25, 0.3) is 10.0 Å². The van der Waals surface area contributed by atoms with Gasteiger partial charge in [-0.2, -0.15) is 5.10 Å². The molecule has 2 unspecified atom stereocenters. The first-order valence-corrected chi connectivity index (χ1v) is 7.07. The van der Waals surface area contributed by atoms with Crippen molar-refractivity contribution in [1.82, 2.24) is 14.5 Å². The number of sulfonamides is 1. The number of nitrogens with one attached hydrogen (secondary N) is 1. The lowest BCUT2D eigenvalue weighted by Crippen LogP contribution is -2.38. The molecule has 1 aliphatic rings. The van der Waals surface area contributed by atoms with Crippen molar-refractivity contribution in [3.05, 3.63) is 12.3 Å². The Hall–Kier alpha value is -0.590. The van der Waals surface area contributed by atoms with E-state index in [2.05, 4.69) is 9.82 Å². The Morgan fingerprint density at radius 3 is 2.81 bits per heavy atom. The lowest BCUT2D eigenvalue weighted by molar-refractivity contribution is 0.539. The van der Waals surface area contributed by atoms with E-state index in [1.807, 2.05) is 0 Å². The maximum atomic E-state index is 12.0. The minimum absolute atomic E-state index is 0.108. The molecule has 1 aliphatic carbocycles. The molecule has 1 heterocycles. The zero-order valence-electron chi connectivity index (χ0n) is 8.93. The van der Waals surface area contributed by atoms with Gasteiger partial charge in [0.2, 0.25) is 0 Å². The molecule has 1 saturated carbocycles. The van der Waals surface area contributed by atoms with Crippen LogP contribution in [0.15, 0.2) is 17.3 Å². The topological polar surface area (TPSA) is 64.0 Å². The number of aryl methyl sites for hydroxylation is 1. The van der Waals surface area contributed by atoms with Crippen LogP contribution in [-0.4, -0.2) is 29.6 Å².